The van der Waals surface area contributed by atoms with Gasteiger partial charge in [0.15, 0.2) is 0 Å². The summed E-state index contributed by atoms with van der Waals surface area (Å²) in [5, 5.41) is 5.65. The molecule has 0 bridgehead atoms. The monoisotopic (exact) mass is 335 g/mol. The van der Waals surface area contributed by atoms with Crippen molar-refractivity contribution in [2.45, 2.75) is 12.0 Å². The number of benzene rings is 1. The van der Waals surface area contributed by atoms with Crippen LogP contribution in [-0.2, 0) is 9.53 Å². The van der Waals surface area contributed by atoms with Crippen molar-refractivity contribution in [2.75, 3.05) is 45.8 Å². The summed E-state index contributed by atoms with van der Waals surface area (Å²) in [4.78, 5) is 25.5. The van der Waals surface area contributed by atoms with Gasteiger partial charge in [0, 0.05) is 19.2 Å². The Labute approximate surface area is 140 Å². The lowest BCUT2D eigenvalue weighted by Crippen LogP contribution is -2.54. The quantitative estimate of drug-likeness (QED) is 0.854. The fourth-order valence-electron chi connectivity index (χ4n) is 2.97. The number of morpholine rings is 1. The van der Waals surface area contributed by atoms with Gasteiger partial charge in [0.2, 0.25) is 5.91 Å². The van der Waals surface area contributed by atoms with Gasteiger partial charge < -0.3 is 29.7 Å². The van der Waals surface area contributed by atoms with E-state index in [0.717, 1.165) is 0 Å². The Bertz CT molecular complexity index is 639. The molecule has 0 saturated carbocycles. The third-order valence-corrected chi connectivity index (χ3v) is 4.37. The Morgan fingerprint density at radius 3 is 2.88 bits per heavy atom. The van der Waals surface area contributed by atoms with Crippen LogP contribution in [-0.4, -0.2) is 62.9 Å². The highest BCUT2D eigenvalue weighted by molar-refractivity contribution is 5.91. The summed E-state index contributed by atoms with van der Waals surface area (Å²) in [7, 11) is 3.10. The molecule has 3 amide bonds. The van der Waals surface area contributed by atoms with Crippen molar-refractivity contribution in [3.63, 3.8) is 0 Å². The van der Waals surface area contributed by atoms with Gasteiger partial charge in [-0.25, -0.2) is 4.79 Å². The van der Waals surface area contributed by atoms with Crippen molar-refractivity contribution in [1.29, 1.82) is 0 Å². The number of nitrogens with zero attached hydrogens (tertiary/aromatic N) is 1. The zero-order valence-electron chi connectivity index (χ0n) is 13.8. The van der Waals surface area contributed by atoms with E-state index in [2.05, 4.69) is 10.6 Å². The van der Waals surface area contributed by atoms with E-state index in [1.54, 1.807) is 37.3 Å². The number of carbonyl (C=O) groups is 2. The summed E-state index contributed by atoms with van der Waals surface area (Å²) in [6.07, 6.45) is 0.690. The van der Waals surface area contributed by atoms with Crippen molar-refractivity contribution in [3.8, 4) is 11.5 Å². The third-order valence-electron chi connectivity index (χ3n) is 4.37. The molecular weight excluding hydrogens is 314 g/mol. The summed E-state index contributed by atoms with van der Waals surface area (Å²) in [6.45, 7) is 1.47. The molecule has 2 saturated heterocycles. The molecule has 0 radical (unpaired) electrons. The summed E-state index contributed by atoms with van der Waals surface area (Å²) < 4.78 is 16.1. The number of methoxy groups -OCH3 is 2. The van der Waals surface area contributed by atoms with Gasteiger partial charge in [-0.15, -0.1) is 0 Å². The number of amides is 3. The number of hydrogen-bond donors (Lipinski definition) is 2. The standard InChI is InChI=1S/C16H21N3O5/c1-22-11-3-4-13(23-2)12(7-11)18-15(21)19-6-5-16(10-19)9-17-14(20)8-24-16/h3-4,7H,5-6,8-10H2,1-2H3,(H,17,20)(H,18,21). The van der Waals surface area contributed by atoms with Crippen molar-refractivity contribution in [3.05, 3.63) is 18.2 Å². The Kier molecular flexibility index (Phi) is 4.48. The van der Waals surface area contributed by atoms with Gasteiger partial charge in [-0.3, -0.25) is 4.79 Å². The fraction of sp³-hybridized carbons (Fsp3) is 0.500. The molecule has 3 rings (SSSR count). The third kappa shape index (κ3) is 3.23. The van der Waals surface area contributed by atoms with Gasteiger partial charge in [0.05, 0.1) is 26.5 Å². The van der Waals surface area contributed by atoms with E-state index in [9.17, 15) is 9.59 Å². The number of likely N-dealkylation sites (tertiary alicyclic amines) is 1. The highest BCUT2D eigenvalue weighted by Crippen LogP contribution is 2.31. The van der Waals surface area contributed by atoms with Gasteiger partial charge in [-0.2, -0.15) is 0 Å². The van der Waals surface area contributed by atoms with Crippen LogP contribution in [0.1, 0.15) is 6.42 Å². The minimum atomic E-state index is -0.482. The van der Waals surface area contributed by atoms with Crippen molar-refractivity contribution >= 4 is 17.6 Å². The predicted molar refractivity (Wildman–Crippen MR) is 86.4 cm³/mol. The number of urea groups is 1. The highest BCUT2D eigenvalue weighted by atomic mass is 16.5. The Morgan fingerprint density at radius 1 is 1.38 bits per heavy atom. The minimum absolute atomic E-state index is 0.0408. The van der Waals surface area contributed by atoms with E-state index in [1.165, 1.54) is 0 Å². The molecule has 24 heavy (non-hydrogen) atoms. The molecule has 2 fully saturated rings. The van der Waals surface area contributed by atoms with Gasteiger partial charge in [0.25, 0.3) is 0 Å². The normalized spacial score (nSPS) is 23.1. The summed E-state index contributed by atoms with van der Waals surface area (Å²) in [5.41, 5.74) is 0.0599. The zero-order chi connectivity index (χ0) is 17.2. The number of rotatable bonds is 3. The van der Waals surface area contributed by atoms with Crippen LogP contribution in [0.25, 0.3) is 0 Å². The van der Waals surface area contributed by atoms with E-state index in [0.29, 0.717) is 43.2 Å². The van der Waals surface area contributed by atoms with Crippen molar-refractivity contribution in [1.82, 2.24) is 10.2 Å². The van der Waals surface area contributed by atoms with Gasteiger partial charge >= 0.3 is 6.03 Å². The number of hydrogen-bond acceptors (Lipinski definition) is 5. The van der Waals surface area contributed by atoms with Crippen LogP contribution in [0, 0.1) is 0 Å². The Balaban J connectivity index is 1.67. The molecule has 2 N–H and O–H groups in total. The second-order valence-electron chi connectivity index (χ2n) is 5.92. The van der Waals surface area contributed by atoms with Gasteiger partial charge in [-0.05, 0) is 18.6 Å². The first kappa shape index (κ1) is 16.4. The molecule has 1 spiro atoms. The lowest BCUT2D eigenvalue weighted by molar-refractivity contribution is -0.141. The molecule has 0 aromatic heterocycles. The van der Waals surface area contributed by atoms with Crippen molar-refractivity contribution < 1.29 is 23.8 Å². The molecule has 2 aliphatic heterocycles. The molecular formula is C16H21N3O5. The van der Waals surface area contributed by atoms with E-state index in [-0.39, 0.29) is 18.5 Å². The van der Waals surface area contributed by atoms with Gasteiger partial charge in [0.1, 0.15) is 23.7 Å². The second kappa shape index (κ2) is 6.56. The average molecular weight is 335 g/mol. The number of anilines is 1. The van der Waals surface area contributed by atoms with Crippen molar-refractivity contribution in [2.24, 2.45) is 0 Å². The Hall–Kier alpha value is -2.48. The molecule has 130 valence electrons. The van der Waals surface area contributed by atoms with E-state index >= 15 is 0 Å². The first-order chi connectivity index (χ1) is 11.5. The molecule has 2 aliphatic rings. The van der Waals surface area contributed by atoms with Crippen LogP contribution < -0.4 is 20.1 Å². The number of ether oxygens (including phenoxy) is 3. The van der Waals surface area contributed by atoms with Crippen LogP contribution in [0.3, 0.4) is 0 Å². The fourth-order valence-corrected chi connectivity index (χ4v) is 2.97. The molecule has 1 atom stereocenters. The van der Waals surface area contributed by atoms with E-state index < -0.39 is 5.60 Å². The molecule has 2 heterocycles. The molecule has 1 unspecified atom stereocenters. The lowest BCUT2D eigenvalue weighted by atomic mass is 10.0. The molecule has 1 aromatic carbocycles. The first-order valence-electron chi connectivity index (χ1n) is 7.74. The second-order valence-corrected chi connectivity index (χ2v) is 5.92. The van der Waals surface area contributed by atoms with Crippen LogP contribution in [0.15, 0.2) is 18.2 Å². The lowest BCUT2D eigenvalue weighted by Gasteiger charge is -2.33. The first-order valence-corrected chi connectivity index (χ1v) is 7.74. The molecule has 0 aliphatic carbocycles. The highest BCUT2D eigenvalue weighted by Gasteiger charge is 2.43. The van der Waals surface area contributed by atoms with Crippen LogP contribution in [0.5, 0.6) is 11.5 Å². The maximum Gasteiger partial charge on any atom is 0.322 e. The van der Waals surface area contributed by atoms with E-state index in [4.69, 9.17) is 14.2 Å². The van der Waals surface area contributed by atoms with Crippen LogP contribution in [0.2, 0.25) is 0 Å². The maximum absolute atomic E-state index is 12.5. The minimum Gasteiger partial charge on any atom is -0.497 e. The molecule has 8 heteroatoms. The zero-order valence-corrected chi connectivity index (χ0v) is 13.8. The Morgan fingerprint density at radius 2 is 2.21 bits per heavy atom. The van der Waals surface area contributed by atoms with Crippen LogP contribution >= 0.6 is 0 Å². The predicted octanol–water partition coefficient (Wildman–Crippen LogP) is 0.827. The summed E-state index contributed by atoms with van der Waals surface area (Å²) in [5.74, 6) is 1.06. The summed E-state index contributed by atoms with van der Waals surface area (Å²) >= 11 is 0. The largest absolute Gasteiger partial charge is 0.497 e. The summed E-state index contributed by atoms with van der Waals surface area (Å²) in [6, 6.07) is 4.97. The topological polar surface area (TPSA) is 89.1 Å². The average Bonchev–Trinajstić information content (AvgIpc) is 3.02. The number of nitrogens with one attached hydrogen (secondary N) is 2. The van der Waals surface area contributed by atoms with E-state index in [1.807, 2.05) is 0 Å². The number of carbonyl (C=O) groups excluding carboxylic acids is 2. The molecule has 1 aromatic rings. The molecule has 8 nitrogen and oxygen atoms in total. The van der Waals surface area contributed by atoms with Crippen LogP contribution in [0.4, 0.5) is 10.5 Å². The smallest absolute Gasteiger partial charge is 0.322 e. The van der Waals surface area contributed by atoms with Gasteiger partial charge in [-0.1, -0.05) is 0 Å². The SMILES string of the molecule is COc1ccc(OC)c(NC(=O)N2CCC3(CNC(=O)CO3)C2)c1. The maximum atomic E-state index is 12.5.